The minimum absolute atomic E-state index is 0.556. The van der Waals surface area contributed by atoms with Gasteiger partial charge in [0.05, 0.1) is 0 Å². The molecule has 13 aromatic rings. The van der Waals surface area contributed by atoms with Crippen LogP contribution in [0.25, 0.3) is 131 Å². The molecule has 61 heavy (non-hydrogen) atoms. The van der Waals surface area contributed by atoms with E-state index in [9.17, 15) is 0 Å². The molecule has 0 aliphatic heterocycles. The van der Waals surface area contributed by atoms with Crippen molar-refractivity contribution in [3.63, 3.8) is 0 Å². The van der Waals surface area contributed by atoms with E-state index in [4.69, 9.17) is 23.8 Å². The topological polar surface area (TPSA) is 65.0 Å². The Morgan fingerprint density at radius 2 is 0.836 bits per heavy atom. The lowest BCUT2D eigenvalue weighted by molar-refractivity contribution is 0.668. The SMILES string of the molecule is c1ccc2c(-c3ccc(-c4nc(-c5ccc6c(c5)oc5ccccc56)nc(-c5cccc6oc7cccc(-c8cccc9sc%10ccccc%10c89)c7c56)n4)cc3)cccc2c1. The molecule has 0 fully saturated rings. The van der Waals surface area contributed by atoms with Gasteiger partial charge >= 0.3 is 0 Å². The van der Waals surface area contributed by atoms with Gasteiger partial charge in [-0.2, -0.15) is 0 Å². The van der Waals surface area contributed by atoms with Gasteiger partial charge in [-0.25, -0.2) is 15.0 Å². The summed E-state index contributed by atoms with van der Waals surface area (Å²) in [7, 11) is 0. The van der Waals surface area contributed by atoms with Crippen molar-refractivity contribution in [1.82, 2.24) is 15.0 Å². The molecule has 5 nitrogen and oxygen atoms in total. The highest BCUT2D eigenvalue weighted by molar-refractivity contribution is 7.25. The fourth-order valence-corrected chi connectivity index (χ4v) is 10.3. The predicted octanol–water partition coefficient (Wildman–Crippen LogP) is 15.5. The van der Waals surface area contributed by atoms with Crippen LogP contribution in [-0.4, -0.2) is 15.0 Å². The second-order valence-electron chi connectivity index (χ2n) is 15.5. The Morgan fingerprint density at radius 3 is 1.69 bits per heavy atom. The molecular weight excluding hydrogens is 767 g/mol. The van der Waals surface area contributed by atoms with Crippen molar-refractivity contribution in [2.45, 2.75) is 0 Å². The van der Waals surface area contributed by atoms with Crippen LogP contribution in [0, 0.1) is 0 Å². The Bertz CT molecular complexity index is 3890. The number of hydrogen-bond acceptors (Lipinski definition) is 6. The zero-order valence-electron chi connectivity index (χ0n) is 32.5. The van der Waals surface area contributed by atoms with Crippen molar-refractivity contribution in [2.24, 2.45) is 0 Å². The summed E-state index contributed by atoms with van der Waals surface area (Å²) in [5.41, 5.74) is 10.4. The fraction of sp³-hybridized carbons (Fsp3) is 0. The zero-order chi connectivity index (χ0) is 40.0. The van der Waals surface area contributed by atoms with Crippen LogP contribution in [0.3, 0.4) is 0 Å². The second kappa shape index (κ2) is 13.3. The van der Waals surface area contributed by atoms with Gasteiger partial charge in [-0.3, -0.25) is 0 Å². The van der Waals surface area contributed by atoms with Gasteiger partial charge in [0.15, 0.2) is 17.5 Å². The number of rotatable bonds is 5. The predicted molar refractivity (Wildman–Crippen MR) is 252 cm³/mol. The standard InChI is InChI=1S/C55H31N3O2S/c1-2-13-36-32(11-1)12-7-16-37(36)33-25-27-34(28-26-33)53-56-54(35-29-30-39-38-14-3-5-20-44(38)59-47(39)31-35)58-55(57-53)43-19-9-22-46-52(43)51-41(17-8-21-45(51)60-46)40-18-10-24-49-50(40)42-15-4-6-23-48(42)61-49/h1-31H. The van der Waals surface area contributed by atoms with Crippen molar-refractivity contribution in [3.05, 3.63) is 188 Å². The molecule has 0 radical (unpaired) electrons. The summed E-state index contributed by atoms with van der Waals surface area (Å²) in [5, 5.41) is 9.05. The van der Waals surface area contributed by atoms with Crippen molar-refractivity contribution >= 4 is 86.2 Å². The number of hydrogen-bond donors (Lipinski definition) is 0. The number of fused-ring (bicyclic) bond motifs is 10. The van der Waals surface area contributed by atoms with Gasteiger partial charge in [0.2, 0.25) is 0 Å². The van der Waals surface area contributed by atoms with Gasteiger partial charge < -0.3 is 8.83 Å². The third-order valence-electron chi connectivity index (χ3n) is 12.0. The zero-order valence-corrected chi connectivity index (χ0v) is 33.3. The van der Waals surface area contributed by atoms with Gasteiger partial charge in [-0.1, -0.05) is 146 Å². The van der Waals surface area contributed by atoms with Gasteiger partial charge in [-0.15, -0.1) is 11.3 Å². The first-order valence-corrected chi connectivity index (χ1v) is 21.2. The quantitative estimate of drug-likeness (QED) is 0.174. The number of furan rings is 2. The smallest absolute Gasteiger partial charge is 0.164 e. The molecule has 0 atom stereocenters. The van der Waals surface area contributed by atoms with Gasteiger partial charge in [-0.05, 0) is 75.5 Å². The second-order valence-corrected chi connectivity index (χ2v) is 16.5. The molecular formula is C55H31N3O2S. The first-order chi connectivity index (χ1) is 30.2. The molecule has 0 aliphatic carbocycles. The molecule has 0 unspecified atom stereocenters. The van der Waals surface area contributed by atoms with Crippen LogP contribution in [0.5, 0.6) is 0 Å². The summed E-state index contributed by atoms with van der Waals surface area (Å²) >= 11 is 1.82. The van der Waals surface area contributed by atoms with Crippen LogP contribution in [0.15, 0.2) is 197 Å². The third kappa shape index (κ3) is 5.36. The first-order valence-electron chi connectivity index (χ1n) is 20.3. The Hall–Kier alpha value is -7.93. The molecule has 0 saturated heterocycles. The van der Waals surface area contributed by atoms with E-state index in [1.807, 2.05) is 47.7 Å². The van der Waals surface area contributed by atoms with Crippen LogP contribution in [-0.2, 0) is 0 Å². The van der Waals surface area contributed by atoms with E-state index in [0.29, 0.717) is 17.5 Å². The molecule has 6 heteroatoms. The Kier molecular flexibility index (Phi) is 7.41. The van der Waals surface area contributed by atoms with Gasteiger partial charge in [0, 0.05) is 58.4 Å². The number of para-hydroxylation sites is 1. The summed E-state index contributed by atoms with van der Waals surface area (Å²) < 4.78 is 15.5. The molecule has 0 N–H and O–H groups in total. The van der Waals surface area contributed by atoms with Crippen molar-refractivity contribution in [1.29, 1.82) is 0 Å². The molecule has 284 valence electrons. The maximum absolute atomic E-state index is 6.67. The van der Waals surface area contributed by atoms with Crippen LogP contribution >= 0.6 is 11.3 Å². The van der Waals surface area contributed by atoms with E-state index in [2.05, 4.69) is 152 Å². The molecule has 0 aliphatic rings. The van der Waals surface area contributed by atoms with Crippen LogP contribution in [0.2, 0.25) is 0 Å². The minimum atomic E-state index is 0.556. The molecule has 0 amide bonds. The highest BCUT2D eigenvalue weighted by atomic mass is 32.1. The summed E-state index contributed by atoms with van der Waals surface area (Å²) in [6.07, 6.45) is 0. The number of benzene rings is 9. The summed E-state index contributed by atoms with van der Waals surface area (Å²) in [6, 6.07) is 65.6. The Labute approximate surface area is 352 Å². The summed E-state index contributed by atoms with van der Waals surface area (Å²) in [5.74, 6) is 1.69. The lowest BCUT2D eigenvalue weighted by Crippen LogP contribution is -2.00. The van der Waals surface area contributed by atoms with Crippen molar-refractivity contribution in [2.75, 3.05) is 0 Å². The van der Waals surface area contributed by atoms with Crippen LogP contribution < -0.4 is 0 Å². The number of thiophene rings is 1. The van der Waals surface area contributed by atoms with Crippen LogP contribution in [0.1, 0.15) is 0 Å². The monoisotopic (exact) mass is 797 g/mol. The summed E-state index contributed by atoms with van der Waals surface area (Å²) in [6.45, 7) is 0. The van der Waals surface area contributed by atoms with E-state index in [1.54, 1.807) is 0 Å². The average molecular weight is 798 g/mol. The van der Waals surface area contributed by atoms with E-state index < -0.39 is 0 Å². The molecule has 4 heterocycles. The van der Waals surface area contributed by atoms with E-state index in [-0.39, 0.29) is 0 Å². The fourth-order valence-electron chi connectivity index (χ4n) is 9.17. The van der Waals surface area contributed by atoms with Gasteiger partial charge in [0.1, 0.15) is 22.3 Å². The van der Waals surface area contributed by atoms with E-state index in [0.717, 1.165) is 71.7 Å². The van der Waals surface area contributed by atoms with Gasteiger partial charge in [0.25, 0.3) is 0 Å². The largest absolute Gasteiger partial charge is 0.456 e. The lowest BCUT2D eigenvalue weighted by atomic mass is 9.94. The molecule has 13 rings (SSSR count). The van der Waals surface area contributed by atoms with Crippen LogP contribution in [0.4, 0.5) is 0 Å². The maximum atomic E-state index is 6.67. The maximum Gasteiger partial charge on any atom is 0.164 e. The molecule has 0 saturated carbocycles. The number of nitrogens with zero attached hydrogens (tertiary/aromatic N) is 3. The Morgan fingerprint density at radius 1 is 0.311 bits per heavy atom. The van der Waals surface area contributed by atoms with Crippen molar-refractivity contribution < 1.29 is 8.83 Å². The highest BCUT2D eigenvalue weighted by Crippen LogP contribution is 2.46. The molecule has 4 aromatic heterocycles. The molecule has 0 spiro atoms. The normalized spacial score (nSPS) is 11.9. The molecule has 0 bridgehead atoms. The first kappa shape index (κ1) is 34.0. The third-order valence-corrected chi connectivity index (χ3v) is 13.1. The van der Waals surface area contributed by atoms with Crippen molar-refractivity contribution in [3.8, 4) is 56.4 Å². The van der Waals surface area contributed by atoms with E-state index in [1.165, 1.54) is 42.1 Å². The highest BCUT2D eigenvalue weighted by Gasteiger charge is 2.22. The minimum Gasteiger partial charge on any atom is -0.456 e. The average Bonchev–Trinajstić information content (AvgIpc) is 4.02. The summed E-state index contributed by atoms with van der Waals surface area (Å²) in [4.78, 5) is 15.7. The number of aromatic nitrogens is 3. The Balaban J connectivity index is 1.03. The molecule has 9 aromatic carbocycles. The van der Waals surface area contributed by atoms with E-state index >= 15 is 0 Å². The lowest BCUT2D eigenvalue weighted by Gasteiger charge is -2.11.